The molecule has 0 spiro atoms. The number of rotatable bonds is 5. The summed E-state index contributed by atoms with van der Waals surface area (Å²) < 4.78 is 22.4. The van der Waals surface area contributed by atoms with Gasteiger partial charge in [0.25, 0.3) is 0 Å². The minimum absolute atomic E-state index is 0.0583. The van der Waals surface area contributed by atoms with E-state index in [-0.39, 0.29) is 23.7 Å². The smallest absolute Gasteiger partial charge is 0.163 e. The molecule has 0 saturated heterocycles. The molecule has 15 heavy (non-hydrogen) atoms. The SMILES string of the molecule is CCS(=O)(=O)CCC(=O)c1ccccc1. The van der Waals surface area contributed by atoms with Crippen LogP contribution in [0.2, 0.25) is 0 Å². The van der Waals surface area contributed by atoms with Crippen LogP contribution in [0.15, 0.2) is 30.3 Å². The molecule has 0 saturated carbocycles. The van der Waals surface area contributed by atoms with Crippen LogP contribution in [0.3, 0.4) is 0 Å². The lowest BCUT2D eigenvalue weighted by Gasteiger charge is -2.01. The number of carbonyl (C=O) groups excluding carboxylic acids is 1. The van der Waals surface area contributed by atoms with E-state index in [1.807, 2.05) is 6.07 Å². The maximum atomic E-state index is 11.5. The molecule has 0 atom stereocenters. The zero-order valence-corrected chi connectivity index (χ0v) is 9.46. The summed E-state index contributed by atoms with van der Waals surface area (Å²) in [5.41, 5.74) is 0.573. The summed E-state index contributed by atoms with van der Waals surface area (Å²) in [5.74, 6) is -0.0839. The quantitative estimate of drug-likeness (QED) is 0.718. The number of Topliss-reactive ketones (excluding diaryl/α,β-unsaturated/α-hetero) is 1. The molecular formula is C11H14O3S. The zero-order valence-electron chi connectivity index (χ0n) is 8.64. The van der Waals surface area contributed by atoms with E-state index < -0.39 is 9.84 Å². The molecule has 0 aliphatic carbocycles. The Morgan fingerprint density at radius 3 is 2.33 bits per heavy atom. The van der Waals surface area contributed by atoms with Crippen molar-refractivity contribution in [3.05, 3.63) is 35.9 Å². The van der Waals surface area contributed by atoms with Gasteiger partial charge in [0.15, 0.2) is 5.78 Å². The highest BCUT2D eigenvalue weighted by atomic mass is 32.2. The first-order valence-electron chi connectivity index (χ1n) is 4.84. The molecule has 0 heterocycles. The topological polar surface area (TPSA) is 51.2 Å². The van der Waals surface area contributed by atoms with E-state index >= 15 is 0 Å². The van der Waals surface area contributed by atoms with Crippen molar-refractivity contribution >= 4 is 15.6 Å². The summed E-state index contributed by atoms with van der Waals surface area (Å²) in [6.45, 7) is 1.59. The van der Waals surface area contributed by atoms with Gasteiger partial charge >= 0.3 is 0 Å². The molecular weight excluding hydrogens is 212 g/mol. The van der Waals surface area contributed by atoms with Crippen LogP contribution in [0.5, 0.6) is 0 Å². The minimum Gasteiger partial charge on any atom is -0.294 e. The molecule has 0 aromatic heterocycles. The van der Waals surface area contributed by atoms with Crippen LogP contribution in [0, 0.1) is 0 Å². The van der Waals surface area contributed by atoms with Gasteiger partial charge in [-0.1, -0.05) is 37.3 Å². The molecule has 0 radical (unpaired) electrons. The Morgan fingerprint density at radius 2 is 1.80 bits per heavy atom. The number of ketones is 1. The van der Waals surface area contributed by atoms with Gasteiger partial charge in [-0.05, 0) is 0 Å². The van der Waals surface area contributed by atoms with Gasteiger partial charge < -0.3 is 0 Å². The second-order valence-corrected chi connectivity index (χ2v) is 5.75. The lowest BCUT2D eigenvalue weighted by Crippen LogP contribution is -2.12. The van der Waals surface area contributed by atoms with E-state index in [9.17, 15) is 13.2 Å². The van der Waals surface area contributed by atoms with Crippen molar-refractivity contribution < 1.29 is 13.2 Å². The summed E-state index contributed by atoms with van der Waals surface area (Å²) in [5, 5.41) is 0. The van der Waals surface area contributed by atoms with Crippen LogP contribution >= 0.6 is 0 Å². The van der Waals surface area contributed by atoms with Crippen LogP contribution in [0.25, 0.3) is 0 Å². The Kier molecular flexibility index (Phi) is 4.03. The van der Waals surface area contributed by atoms with Gasteiger partial charge in [0.1, 0.15) is 9.84 Å². The van der Waals surface area contributed by atoms with Crippen LogP contribution in [-0.2, 0) is 9.84 Å². The van der Waals surface area contributed by atoms with Crippen LogP contribution in [0.4, 0.5) is 0 Å². The third-order valence-corrected chi connectivity index (χ3v) is 3.88. The molecule has 3 nitrogen and oxygen atoms in total. The minimum atomic E-state index is -3.04. The van der Waals surface area contributed by atoms with E-state index in [1.54, 1.807) is 31.2 Å². The van der Waals surface area contributed by atoms with Crippen molar-refractivity contribution in [2.45, 2.75) is 13.3 Å². The molecule has 1 aromatic carbocycles. The summed E-state index contributed by atoms with van der Waals surface area (Å²) in [6, 6.07) is 8.74. The third kappa shape index (κ3) is 3.83. The number of hydrogen-bond acceptors (Lipinski definition) is 3. The molecule has 0 N–H and O–H groups in total. The Labute approximate surface area is 90.0 Å². The summed E-state index contributed by atoms with van der Waals surface area (Å²) in [7, 11) is -3.04. The first-order chi connectivity index (χ1) is 7.05. The summed E-state index contributed by atoms with van der Waals surface area (Å²) >= 11 is 0. The van der Waals surface area contributed by atoms with Gasteiger partial charge in [-0.2, -0.15) is 0 Å². The van der Waals surface area contributed by atoms with Gasteiger partial charge in [0, 0.05) is 17.7 Å². The first-order valence-corrected chi connectivity index (χ1v) is 6.66. The van der Waals surface area contributed by atoms with Crippen LogP contribution in [-0.4, -0.2) is 25.7 Å². The highest BCUT2D eigenvalue weighted by Crippen LogP contribution is 2.04. The van der Waals surface area contributed by atoms with E-state index in [2.05, 4.69) is 0 Å². The second kappa shape index (κ2) is 5.07. The lowest BCUT2D eigenvalue weighted by molar-refractivity contribution is 0.0989. The van der Waals surface area contributed by atoms with Gasteiger partial charge in [0.05, 0.1) is 5.75 Å². The highest BCUT2D eigenvalue weighted by molar-refractivity contribution is 7.91. The van der Waals surface area contributed by atoms with Crippen molar-refractivity contribution in [3.8, 4) is 0 Å². The molecule has 82 valence electrons. The first kappa shape index (κ1) is 11.9. The van der Waals surface area contributed by atoms with E-state index in [0.29, 0.717) is 5.56 Å². The predicted molar refractivity (Wildman–Crippen MR) is 59.7 cm³/mol. The van der Waals surface area contributed by atoms with Crippen molar-refractivity contribution in [1.82, 2.24) is 0 Å². The lowest BCUT2D eigenvalue weighted by atomic mass is 10.1. The summed E-state index contributed by atoms with van der Waals surface area (Å²) in [6.07, 6.45) is 0.0696. The fourth-order valence-corrected chi connectivity index (χ4v) is 1.95. The highest BCUT2D eigenvalue weighted by Gasteiger charge is 2.12. The standard InChI is InChI=1S/C11H14O3S/c1-2-15(13,14)9-8-11(12)10-6-4-3-5-7-10/h3-7H,2,8-9H2,1H3. The number of carbonyl (C=O) groups is 1. The van der Waals surface area contributed by atoms with Gasteiger partial charge in [-0.3, -0.25) is 4.79 Å². The zero-order chi connectivity index (χ0) is 11.3. The van der Waals surface area contributed by atoms with Gasteiger partial charge in [-0.25, -0.2) is 8.42 Å². The molecule has 0 fully saturated rings. The van der Waals surface area contributed by atoms with Gasteiger partial charge in [-0.15, -0.1) is 0 Å². The molecule has 0 aliphatic heterocycles. The predicted octanol–water partition coefficient (Wildman–Crippen LogP) is 1.69. The molecule has 1 rings (SSSR count). The van der Waals surface area contributed by atoms with Crippen molar-refractivity contribution in [2.75, 3.05) is 11.5 Å². The van der Waals surface area contributed by atoms with Crippen LogP contribution < -0.4 is 0 Å². The molecule has 0 amide bonds. The molecule has 4 heteroatoms. The summed E-state index contributed by atoms with van der Waals surface area (Å²) in [4.78, 5) is 11.5. The Hall–Kier alpha value is -1.16. The largest absolute Gasteiger partial charge is 0.294 e. The second-order valence-electron chi connectivity index (χ2n) is 3.28. The van der Waals surface area contributed by atoms with E-state index in [4.69, 9.17) is 0 Å². The fourth-order valence-electron chi connectivity index (χ4n) is 1.16. The number of sulfone groups is 1. The molecule has 0 bridgehead atoms. The monoisotopic (exact) mass is 226 g/mol. The third-order valence-electron chi connectivity index (χ3n) is 2.18. The fraction of sp³-hybridized carbons (Fsp3) is 0.364. The van der Waals surface area contributed by atoms with Crippen molar-refractivity contribution in [1.29, 1.82) is 0 Å². The Balaban J connectivity index is 2.59. The maximum absolute atomic E-state index is 11.5. The number of hydrogen-bond donors (Lipinski definition) is 0. The van der Waals surface area contributed by atoms with E-state index in [1.165, 1.54) is 0 Å². The van der Waals surface area contributed by atoms with Crippen molar-refractivity contribution in [2.24, 2.45) is 0 Å². The normalized spacial score (nSPS) is 11.3. The molecule has 0 aliphatic rings. The molecule has 1 aromatic rings. The van der Waals surface area contributed by atoms with Crippen LogP contribution in [0.1, 0.15) is 23.7 Å². The Morgan fingerprint density at radius 1 is 1.20 bits per heavy atom. The average molecular weight is 226 g/mol. The van der Waals surface area contributed by atoms with E-state index in [0.717, 1.165) is 0 Å². The van der Waals surface area contributed by atoms with Crippen molar-refractivity contribution in [3.63, 3.8) is 0 Å². The Bertz CT molecular complexity index is 420. The van der Waals surface area contributed by atoms with Gasteiger partial charge in [0.2, 0.25) is 0 Å². The number of benzene rings is 1. The molecule has 0 unspecified atom stereocenters. The average Bonchev–Trinajstić information content (AvgIpc) is 2.27. The maximum Gasteiger partial charge on any atom is 0.163 e.